The maximum Gasteiger partial charge on any atom is 0.308 e. The minimum Gasteiger partial charge on any atom is -0.481 e. The van der Waals surface area contributed by atoms with Gasteiger partial charge in [0.2, 0.25) is 0 Å². The lowest BCUT2D eigenvalue weighted by molar-refractivity contribution is -0.141. The molecule has 0 radical (unpaired) electrons. The molecule has 0 spiro atoms. The van der Waals surface area contributed by atoms with E-state index in [9.17, 15) is 4.79 Å². The molecule has 1 fully saturated rings. The zero-order chi connectivity index (χ0) is 10.8. The number of aryl methyl sites for hydroxylation is 1. The van der Waals surface area contributed by atoms with E-state index in [1.54, 1.807) is 0 Å². The van der Waals surface area contributed by atoms with E-state index in [-0.39, 0.29) is 11.8 Å². The van der Waals surface area contributed by atoms with Gasteiger partial charge in [-0.3, -0.25) is 4.79 Å². The smallest absolute Gasteiger partial charge is 0.308 e. The molecule has 15 heavy (non-hydrogen) atoms. The van der Waals surface area contributed by atoms with Gasteiger partial charge in [-0.2, -0.15) is 0 Å². The van der Waals surface area contributed by atoms with Crippen molar-refractivity contribution in [3.8, 4) is 0 Å². The number of carbonyl (C=O) groups is 1. The zero-order valence-electron chi connectivity index (χ0n) is 8.73. The van der Waals surface area contributed by atoms with Crippen molar-refractivity contribution in [1.82, 2.24) is 5.32 Å². The third-order valence-electron chi connectivity index (χ3n) is 3.12. The van der Waals surface area contributed by atoms with Crippen LogP contribution in [0.1, 0.15) is 17.0 Å². The number of hydrogen-bond donors (Lipinski definition) is 2. The summed E-state index contributed by atoms with van der Waals surface area (Å²) in [5.41, 5.74) is 2.34. The number of carboxylic acid groups (broad SMARTS) is 1. The van der Waals surface area contributed by atoms with Crippen LogP contribution in [0.25, 0.3) is 0 Å². The van der Waals surface area contributed by atoms with Gasteiger partial charge in [0.1, 0.15) is 0 Å². The summed E-state index contributed by atoms with van der Waals surface area (Å²) in [7, 11) is 0. The molecular weight excluding hydrogens is 190 g/mol. The fraction of sp³-hybridized carbons (Fsp3) is 0.417. The van der Waals surface area contributed by atoms with Crippen molar-refractivity contribution >= 4 is 5.97 Å². The third kappa shape index (κ3) is 1.88. The van der Waals surface area contributed by atoms with Gasteiger partial charge in [0.25, 0.3) is 0 Å². The predicted molar refractivity (Wildman–Crippen MR) is 57.9 cm³/mol. The Labute approximate surface area is 89.1 Å². The van der Waals surface area contributed by atoms with Crippen molar-refractivity contribution in [3.05, 3.63) is 35.4 Å². The minimum absolute atomic E-state index is 0.115. The topological polar surface area (TPSA) is 49.3 Å². The number of carboxylic acids is 1. The second-order valence-electron chi connectivity index (χ2n) is 4.07. The highest BCUT2D eigenvalue weighted by molar-refractivity contribution is 5.72. The Morgan fingerprint density at radius 2 is 2.13 bits per heavy atom. The zero-order valence-corrected chi connectivity index (χ0v) is 8.73. The van der Waals surface area contributed by atoms with Gasteiger partial charge in [0, 0.05) is 19.0 Å². The van der Waals surface area contributed by atoms with Crippen LogP contribution in [0.4, 0.5) is 0 Å². The second-order valence-corrected chi connectivity index (χ2v) is 4.07. The molecule has 0 bridgehead atoms. The molecule has 1 aromatic rings. The van der Waals surface area contributed by atoms with Gasteiger partial charge in [-0.15, -0.1) is 0 Å². The van der Waals surface area contributed by atoms with Crippen molar-refractivity contribution in [2.45, 2.75) is 12.8 Å². The van der Waals surface area contributed by atoms with Gasteiger partial charge in [-0.1, -0.05) is 24.3 Å². The highest BCUT2D eigenvalue weighted by atomic mass is 16.4. The summed E-state index contributed by atoms with van der Waals surface area (Å²) in [6.07, 6.45) is 0. The Hall–Kier alpha value is -1.35. The molecule has 80 valence electrons. The number of benzene rings is 1. The predicted octanol–water partition coefficient (Wildman–Crippen LogP) is 1.38. The molecule has 3 nitrogen and oxygen atoms in total. The highest BCUT2D eigenvalue weighted by Crippen LogP contribution is 2.30. The van der Waals surface area contributed by atoms with Crippen molar-refractivity contribution in [3.63, 3.8) is 0 Å². The van der Waals surface area contributed by atoms with Crippen LogP contribution in [0, 0.1) is 12.8 Å². The molecule has 0 unspecified atom stereocenters. The van der Waals surface area contributed by atoms with E-state index in [4.69, 9.17) is 5.11 Å². The number of nitrogens with one attached hydrogen (secondary N) is 1. The summed E-state index contributed by atoms with van der Waals surface area (Å²) in [6, 6.07) is 8.02. The molecular formula is C12H15NO2. The fourth-order valence-electron chi connectivity index (χ4n) is 2.27. The Kier molecular flexibility index (Phi) is 2.73. The van der Waals surface area contributed by atoms with Crippen molar-refractivity contribution < 1.29 is 9.90 Å². The SMILES string of the molecule is Cc1ccccc1[C@H]1CNC[C@H]1C(=O)O. The molecule has 2 N–H and O–H groups in total. The van der Waals surface area contributed by atoms with Crippen LogP contribution in [0.3, 0.4) is 0 Å². The first kappa shape index (κ1) is 10.2. The summed E-state index contributed by atoms with van der Waals surface area (Å²) in [4.78, 5) is 11.1. The first-order valence-electron chi connectivity index (χ1n) is 5.19. The standard InChI is InChI=1S/C12H15NO2/c1-8-4-2-3-5-9(8)10-6-13-7-11(10)12(14)15/h2-5,10-11,13H,6-7H2,1H3,(H,14,15)/t10-,11-/m1/s1. The summed E-state index contributed by atoms with van der Waals surface area (Å²) in [5, 5.41) is 12.2. The van der Waals surface area contributed by atoms with Crippen LogP contribution in [0.5, 0.6) is 0 Å². The van der Waals surface area contributed by atoms with Crippen LogP contribution in [0.15, 0.2) is 24.3 Å². The molecule has 0 aliphatic carbocycles. The molecule has 2 atom stereocenters. The molecule has 0 amide bonds. The van der Waals surface area contributed by atoms with E-state index in [1.807, 2.05) is 31.2 Å². The third-order valence-corrected chi connectivity index (χ3v) is 3.12. The lowest BCUT2D eigenvalue weighted by Crippen LogP contribution is -2.21. The lowest BCUT2D eigenvalue weighted by atomic mass is 9.86. The van der Waals surface area contributed by atoms with E-state index < -0.39 is 5.97 Å². The van der Waals surface area contributed by atoms with Gasteiger partial charge in [-0.25, -0.2) is 0 Å². The Bertz CT molecular complexity index is 376. The van der Waals surface area contributed by atoms with Gasteiger partial charge >= 0.3 is 5.97 Å². The number of rotatable bonds is 2. The summed E-state index contributed by atoms with van der Waals surface area (Å²) < 4.78 is 0. The molecule has 2 rings (SSSR count). The molecule has 0 aromatic heterocycles. The molecule has 1 heterocycles. The minimum atomic E-state index is -0.701. The molecule has 1 aromatic carbocycles. The second kappa shape index (κ2) is 4.03. The maximum atomic E-state index is 11.1. The van der Waals surface area contributed by atoms with Crippen molar-refractivity contribution in [2.75, 3.05) is 13.1 Å². The van der Waals surface area contributed by atoms with Crippen LogP contribution in [-0.4, -0.2) is 24.2 Å². The van der Waals surface area contributed by atoms with E-state index in [0.29, 0.717) is 6.54 Å². The van der Waals surface area contributed by atoms with E-state index in [1.165, 1.54) is 5.56 Å². The quantitative estimate of drug-likeness (QED) is 0.767. The molecule has 0 saturated carbocycles. The van der Waals surface area contributed by atoms with Crippen LogP contribution in [0.2, 0.25) is 0 Å². The maximum absolute atomic E-state index is 11.1. The van der Waals surface area contributed by atoms with E-state index in [0.717, 1.165) is 12.1 Å². The van der Waals surface area contributed by atoms with Crippen molar-refractivity contribution in [2.24, 2.45) is 5.92 Å². The van der Waals surface area contributed by atoms with Gasteiger partial charge in [-0.05, 0) is 18.1 Å². The summed E-state index contributed by atoms with van der Waals surface area (Å²) in [6.45, 7) is 3.38. The lowest BCUT2D eigenvalue weighted by Gasteiger charge is -2.17. The van der Waals surface area contributed by atoms with Crippen LogP contribution in [-0.2, 0) is 4.79 Å². The monoisotopic (exact) mass is 205 g/mol. The average molecular weight is 205 g/mol. The largest absolute Gasteiger partial charge is 0.481 e. The number of aliphatic carboxylic acids is 1. The van der Waals surface area contributed by atoms with Crippen molar-refractivity contribution in [1.29, 1.82) is 0 Å². The van der Waals surface area contributed by atoms with Gasteiger partial charge in [0.05, 0.1) is 5.92 Å². The average Bonchev–Trinajstić information content (AvgIpc) is 2.67. The molecule has 3 heteroatoms. The van der Waals surface area contributed by atoms with Gasteiger partial charge < -0.3 is 10.4 Å². The molecule has 1 aliphatic heterocycles. The van der Waals surface area contributed by atoms with Crippen LogP contribution < -0.4 is 5.32 Å². The van der Waals surface area contributed by atoms with E-state index in [2.05, 4.69) is 5.32 Å². The highest BCUT2D eigenvalue weighted by Gasteiger charge is 2.34. The summed E-state index contributed by atoms with van der Waals surface area (Å²) in [5.74, 6) is -0.872. The normalized spacial score (nSPS) is 25.4. The van der Waals surface area contributed by atoms with E-state index >= 15 is 0 Å². The summed E-state index contributed by atoms with van der Waals surface area (Å²) >= 11 is 0. The Morgan fingerprint density at radius 1 is 1.40 bits per heavy atom. The first-order valence-corrected chi connectivity index (χ1v) is 5.19. The van der Waals surface area contributed by atoms with Crippen LogP contribution >= 0.6 is 0 Å². The Morgan fingerprint density at radius 3 is 2.80 bits per heavy atom. The molecule has 1 aliphatic rings. The van der Waals surface area contributed by atoms with Gasteiger partial charge in [0.15, 0.2) is 0 Å². The fourth-order valence-corrected chi connectivity index (χ4v) is 2.27. The molecule has 1 saturated heterocycles. The first-order chi connectivity index (χ1) is 7.20. The number of hydrogen-bond acceptors (Lipinski definition) is 2. The Balaban J connectivity index is 2.30.